The maximum Gasteiger partial charge on any atom is 0.241 e. The van der Waals surface area contributed by atoms with Crippen LogP contribution in [0.4, 0.5) is 5.69 Å². The van der Waals surface area contributed by atoms with E-state index in [-0.39, 0.29) is 11.9 Å². The van der Waals surface area contributed by atoms with Gasteiger partial charge in [-0.05, 0) is 44.4 Å². The van der Waals surface area contributed by atoms with Gasteiger partial charge >= 0.3 is 0 Å². The van der Waals surface area contributed by atoms with Crippen LogP contribution in [0.25, 0.3) is 0 Å². The smallest absolute Gasteiger partial charge is 0.241 e. The SMILES string of the molecule is CC(NCC1CCOCC1)C(=O)Nc1ccccc1. The van der Waals surface area contributed by atoms with Crippen molar-refractivity contribution < 1.29 is 9.53 Å². The number of para-hydroxylation sites is 1. The molecule has 2 rings (SSSR count). The summed E-state index contributed by atoms with van der Waals surface area (Å²) in [5, 5.41) is 6.21. The van der Waals surface area contributed by atoms with Crippen LogP contribution in [0.5, 0.6) is 0 Å². The molecule has 1 aliphatic heterocycles. The fourth-order valence-corrected chi connectivity index (χ4v) is 2.16. The first-order valence-corrected chi connectivity index (χ1v) is 6.93. The molecular formula is C15H22N2O2. The largest absolute Gasteiger partial charge is 0.381 e. The number of nitrogens with one attached hydrogen (secondary N) is 2. The zero-order valence-electron chi connectivity index (χ0n) is 11.4. The van der Waals surface area contributed by atoms with Crippen LogP contribution in [-0.2, 0) is 9.53 Å². The van der Waals surface area contributed by atoms with Crippen molar-refractivity contribution in [2.75, 3.05) is 25.1 Å². The van der Waals surface area contributed by atoms with Crippen molar-refractivity contribution >= 4 is 11.6 Å². The Morgan fingerprint density at radius 3 is 2.68 bits per heavy atom. The minimum Gasteiger partial charge on any atom is -0.381 e. The minimum atomic E-state index is -0.178. The van der Waals surface area contributed by atoms with E-state index in [2.05, 4.69) is 10.6 Å². The van der Waals surface area contributed by atoms with Crippen molar-refractivity contribution in [2.24, 2.45) is 5.92 Å². The molecule has 1 heterocycles. The third-order valence-corrected chi connectivity index (χ3v) is 3.49. The highest BCUT2D eigenvalue weighted by Gasteiger charge is 2.17. The van der Waals surface area contributed by atoms with Crippen LogP contribution in [0.3, 0.4) is 0 Å². The van der Waals surface area contributed by atoms with Crippen molar-refractivity contribution in [2.45, 2.75) is 25.8 Å². The molecule has 2 N–H and O–H groups in total. The number of carbonyl (C=O) groups excluding carboxylic acids is 1. The zero-order valence-corrected chi connectivity index (χ0v) is 11.4. The van der Waals surface area contributed by atoms with Crippen LogP contribution in [0.1, 0.15) is 19.8 Å². The van der Waals surface area contributed by atoms with E-state index in [1.807, 2.05) is 37.3 Å². The van der Waals surface area contributed by atoms with E-state index in [1.165, 1.54) is 0 Å². The molecule has 1 amide bonds. The summed E-state index contributed by atoms with van der Waals surface area (Å²) in [7, 11) is 0. The van der Waals surface area contributed by atoms with Crippen LogP contribution in [0.2, 0.25) is 0 Å². The number of hydrogen-bond donors (Lipinski definition) is 2. The minimum absolute atomic E-state index is 0.0123. The molecule has 4 nitrogen and oxygen atoms in total. The summed E-state index contributed by atoms with van der Waals surface area (Å²) in [5.74, 6) is 0.638. The lowest BCUT2D eigenvalue weighted by Gasteiger charge is -2.24. The van der Waals surface area contributed by atoms with Gasteiger partial charge in [0.15, 0.2) is 0 Å². The quantitative estimate of drug-likeness (QED) is 0.853. The Kier molecular flexibility index (Phi) is 5.36. The summed E-state index contributed by atoms with van der Waals surface area (Å²) in [4.78, 5) is 12.0. The van der Waals surface area contributed by atoms with E-state index in [0.29, 0.717) is 5.92 Å². The van der Waals surface area contributed by atoms with E-state index >= 15 is 0 Å². The zero-order chi connectivity index (χ0) is 13.5. The lowest BCUT2D eigenvalue weighted by molar-refractivity contribution is -0.117. The Morgan fingerprint density at radius 1 is 1.32 bits per heavy atom. The standard InChI is InChI=1S/C15H22N2O2/c1-12(16-11-13-7-9-19-10-8-13)15(18)17-14-5-3-2-4-6-14/h2-6,12-13,16H,7-11H2,1H3,(H,17,18). The van der Waals surface area contributed by atoms with Gasteiger partial charge in [-0.1, -0.05) is 18.2 Å². The van der Waals surface area contributed by atoms with Crippen LogP contribution in [0.15, 0.2) is 30.3 Å². The monoisotopic (exact) mass is 262 g/mol. The molecule has 0 bridgehead atoms. The van der Waals surface area contributed by atoms with Crippen LogP contribution in [0, 0.1) is 5.92 Å². The van der Waals surface area contributed by atoms with E-state index < -0.39 is 0 Å². The third-order valence-electron chi connectivity index (χ3n) is 3.49. The van der Waals surface area contributed by atoms with Gasteiger partial charge in [-0.2, -0.15) is 0 Å². The maximum atomic E-state index is 12.0. The Hall–Kier alpha value is -1.39. The first-order chi connectivity index (χ1) is 9.25. The van der Waals surface area contributed by atoms with E-state index in [4.69, 9.17) is 4.74 Å². The average molecular weight is 262 g/mol. The van der Waals surface area contributed by atoms with Crippen molar-refractivity contribution in [3.05, 3.63) is 30.3 Å². The van der Waals surface area contributed by atoms with Gasteiger partial charge in [-0.15, -0.1) is 0 Å². The van der Waals surface area contributed by atoms with Crippen molar-refractivity contribution in [1.82, 2.24) is 5.32 Å². The van der Waals surface area contributed by atoms with Crippen LogP contribution in [-0.4, -0.2) is 31.7 Å². The molecular weight excluding hydrogens is 240 g/mol. The number of ether oxygens (including phenoxy) is 1. The van der Waals surface area contributed by atoms with Crippen LogP contribution < -0.4 is 10.6 Å². The van der Waals surface area contributed by atoms with Gasteiger partial charge in [0.25, 0.3) is 0 Å². The molecule has 4 heteroatoms. The molecule has 1 aromatic rings. The highest BCUT2D eigenvalue weighted by molar-refractivity contribution is 5.94. The van der Waals surface area contributed by atoms with Gasteiger partial charge in [0.1, 0.15) is 0 Å². The molecule has 1 aliphatic rings. The first kappa shape index (κ1) is 14.0. The molecule has 1 aromatic carbocycles. The topological polar surface area (TPSA) is 50.4 Å². The molecule has 0 aromatic heterocycles. The van der Waals surface area contributed by atoms with Gasteiger partial charge in [0.05, 0.1) is 6.04 Å². The highest BCUT2D eigenvalue weighted by atomic mass is 16.5. The Balaban J connectivity index is 1.73. The summed E-state index contributed by atoms with van der Waals surface area (Å²) in [6.45, 7) is 4.47. The summed E-state index contributed by atoms with van der Waals surface area (Å²) in [6, 6.07) is 9.36. The highest BCUT2D eigenvalue weighted by Crippen LogP contribution is 2.13. The Labute approximate surface area is 114 Å². The van der Waals surface area contributed by atoms with E-state index in [1.54, 1.807) is 0 Å². The first-order valence-electron chi connectivity index (χ1n) is 6.93. The molecule has 19 heavy (non-hydrogen) atoms. The third kappa shape index (κ3) is 4.65. The lowest BCUT2D eigenvalue weighted by Crippen LogP contribution is -2.41. The molecule has 0 aliphatic carbocycles. The van der Waals surface area contributed by atoms with Crippen molar-refractivity contribution in [1.29, 1.82) is 0 Å². The second kappa shape index (κ2) is 7.26. The summed E-state index contributed by atoms with van der Waals surface area (Å²) in [5.41, 5.74) is 0.840. The second-order valence-electron chi connectivity index (χ2n) is 5.04. The summed E-state index contributed by atoms with van der Waals surface area (Å²) < 4.78 is 5.33. The van der Waals surface area contributed by atoms with Gasteiger partial charge in [-0.25, -0.2) is 0 Å². The van der Waals surface area contributed by atoms with Gasteiger partial charge in [0.2, 0.25) is 5.91 Å². The lowest BCUT2D eigenvalue weighted by atomic mass is 10.00. The summed E-state index contributed by atoms with van der Waals surface area (Å²) >= 11 is 0. The molecule has 0 spiro atoms. The van der Waals surface area contributed by atoms with Gasteiger partial charge in [0, 0.05) is 18.9 Å². The van der Waals surface area contributed by atoms with Crippen molar-refractivity contribution in [3.8, 4) is 0 Å². The van der Waals surface area contributed by atoms with Crippen LogP contribution >= 0.6 is 0 Å². The van der Waals surface area contributed by atoms with E-state index in [0.717, 1.165) is 38.3 Å². The fourth-order valence-electron chi connectivity index (χ4n) is 2.16. The number of amides is 1. The maximum absolute atomic E-state index is 12.0. The Morgan fingerprint density at radius 2 is 2.00 bits per heavy atom. The normalized spacial score (nSPS) is 17.9. The van der Waals surface area contributed by atoms with E-state index in [9.17, 15) is 4.79 Å². The predicted molar refractivity (Wildman–Crippen MR) is 76.1 cm³/mol. The molecule has 1 atom stereocenters. The number of carbonyl (C=O) groups is 1. The molecule has 104 valence electrons. The number of benzene rings is 1. The Bertz CT molecular complexity index is 388. The molecule has 0 radical (unpaired) electrons. The molecule has 1 saturated heterocycles. The number of rotatable bonds is 5. The molecule has 1 fully saturated rings. The van der Waals surface area contributed by atoms with Gasteiger partial charge in [-0.3, -0.25) is 4.79 Å². The molecule has 0 saturated carbocycles. The number of hydrogen-bond acceptors (Lipinski definition) is 3. The summed E-state index contributed by atoms with van der Waals surface area (Å²) in [6.07, 6.45) is 2.17. The van der Waals surface area contributed by atoms with Crippen molar-refractivity contribution in [3.63, 3.8) is 0 Å². The average Bonchev–Trinajstić information content (AvgIpc) is 2.47. The molecule has 1 unspecified atom stereocenters. The predicted octanol–water partition coefficient (Wildman–Crippen LogP) is 2.03. The fraction of sp³-hybridized carbons (Fsp3) is 0.533. The second-order valence-corrected chi connectivity index (χ2v) is 5.04. The van der Waals surface area contributed by atoms with Gasteiger partial charge < -0.3 is 15.4 Å². The number of anilines is 1.